The van der Waals surface area contributed by atoms with E-state index in [0.717, 1.165) is 36.4 Å². The molecule has 1 fully saturated rings. The van der Waals surface area contributed by atoms with Gasteiger partial charge in [0.1, 0.15) is 5.82 Å². The highest BCUT2D eigenvalue weighted by molar-refractivity contribution is 7.17. The molecule has 1 saturated heterocycles. The van der Waals surface area contributed by atoms with Gasteiger partial charge in [-0.1, -0.05) is 30.4 Å². The van der Waals surface area contributed by atoms with E-state index in [4.69, 9.17) is 4.42 Å². The molecular formula is C21H21FN4O2S. The number of hydrogen-bond acceptors (Lipinski definition) is 6. The van der Waals surface area contributed by atoms with Crippen LogP contribution in [-0.4, -0.2) is 37.7 Å². The summed E-state index contributed by atoms with van der Waals surface area (Å²) in [5.41, 5.74) is 0.825. The molecule has 5 rings (SSSR count). The molecule has 0 bridgehead atoms. The number of aromatic nitrogens is 3. The first-order valence-corrected chi connectivity index (χ1v) is 10.5. The Morgan fingerprint density at radius 2 is 2.07 bits per heavy atom. The van der Waals surface area contributed by atoms with Crippen LogP contribution in [0.1, 0.15) is 36.2 Å². The summed E-state index contributed by atoms with van der Waals surface area (Å²) in [7, 11) is 0. The molecule has 8 heteroatoms. The molecule has 150 valence electrons. The van der Waals surface area contributed by atoms with Crippen LogP contribution in [0.5, 0.6) is 5.88 Å². The maximum Gasteiger partial charge on any atom is 0.230 e. The molecule has 4 heterocycles. The number of hydrogen-bond donors (Lipinski definition) is 1. The average molecular weight is 412 g/mol. The molecule has 1 aliphatic heterocycles. The fraction of sp³-hybridized carbons (Fsp3) is 0.333. The maximum absolute atomic E-state index is 14.0. The number of piperidine rings is 1. The van der Waals surface area contributed by atoms with Gasteiger partial charge in [-0.15, -0.1) is 5.10 Å². The van der Waals surface area contributed by atoms with Gasteiger partial charge in [-0.25, -0.2) is 4.39 Å². The molecule has 1 N–H and O–H groups in total. The van der Waals surface area contributed by atoms with E-state index in [-0.39, 0.29) is 17.7 Å². The van der Waals surface area contributed by atoms with Crippen molar-refractivity contribution in [2.75, 3.05) is 13.1 Å². The number of benzene rings is 1. The summed E-state index contributed by atoms with van der Waals surface area (Å²) in [4.78, 5) is 8.13. The number of rotatable bonds is 4. The largest absolute Gasteiger partial charge is 0.492 e. The van der Waals surface area contributed by atoms with Gasteiger partial charge in [-0.05, 0) is 61.7 Å². The van der Waals surface area contributed by atoms with E-state index in [9.17, 15) is 9.50 Å². The predicted molar refractivity (Wildman–Crippen MR) is 108 cm³/mol. The highest BCUT2D eigenvalue weighted by Gasteiger charge is 2.32. The summed E-state index contributed by atoms with van der Waals surface area (Å²) in [6.07, 6.45) is 3.72. The zero-order valence-corrected chi connectivity index (χ0v) is 16.8. The fourth-order valence-corrected chi connectivity index (χ4v) is 5.05. The van der Waals surface area contributed by atoms with Crippen LogP contribution in [0.25, 0.3) is 16.5 Å². The molecule has 4 aromatic rings. The van der Waals surface area contributed by atoms with Crippen LogP contribution in [0.4, 0.5) is 4.39 Å². The SMILES string of the molecule is CC1CCN(C(c2cccc(F)c2)c2sc3nc(-c4ccco4)nn3c2O)CC1. The summed E-state index contributed by atoms with van der Waals surface area (Å²) in [5, 5.41) is 15.4. The Morgan fingerprint density at radius 1 is 1.24 bits per heavy atom. The number of fused-ring (bicyclic) bond motifs is 1. The quantitative estimate of drug-likeness (QED) is 0.526. The van der Waals surface area contributed by atoms with Crippen LogP contribution < -0.4 is 0 Å². The van der Waals surface area contributed by atoms with Gasteiger partial charge in [0.15, 0.2) is 5.76 Å². The normalized spacial score (nSPS) is 17.2. The molecule has 0 spiro atoms. The third kappa shape index (κ3) is 3.32. The van der Waals surface area contributed by atoms with Crippen LogP contribution in [0.3, 0.4) is 0 Å². The Bertz CT molecular complexity index is 1130. The van der Waals surface area contributed by atoms with Crippen molar-refractivity contribution >= 4 is 16.3 Å². The van der Waals surface area contributed by atoms with Crippen molar-refractivity contribution < 1.29 is 13.9 Å². The number of nitrogens with zero attached hydrogens (tertiary/aromatic N) is 4. The highest BCUT2D eigenvalue weighted by Crippen LogP contribution is 2.41. The molecule has 0 radical (unpaired) electrons. The van der Waals surface area contributed by atoms with Crippen molar-refractivity contribution in [3.05, 3.63) is 58.9 Å². The van der Waals surface area contributed by atoms with Gasteiger partial charge in [-0.2, -0.15) is 9.50 Å². The minimum Gasteiger partial charge on any atom is -0.492 e. The average Bonchev–Trinajstić information content (AvgIpc) is 3.43. The maximum atomic E-state index is 14.0. The Balaban J connectivity index is 1.59. The van der Waals surface area contributed by atoms with Crippen molar-refractivity contribution in [3.8, 4) is 17.5 Å². The summed E-state index contributed by atoms with van der Waals surface area (Å²) in [6, 6.07) is 9.93. The second-order valence-corrected chi connectivity index (χ2v) is 8.58. The lowest BCUT2D eigenvalue weighted by atomic mass is 9.95. The van der Waals surface area contributed by atoms with Crippen molar-refractivity contribution in [1.29, 1.82) is 0 Å². The van der Waals surface area contributed by atoms with E-state index < -0.39 is 0 Å². The van der Waals surface area contributed by atoms with Crippen molar-refractivity contribution in [3.63, 3.8) is 0 Å². The van der Waals surface area contributed by atoms with E-state index in [1.165, 1.54) is 21.9 Å². The van der Waals surface area contributed by atoms with Crippen molar-refractivity contribution in [1.82, 2.24) is 19.5 Å². The molecule has 0 saturated carbocycles. The molecule has 29 heavy (non-hydrogen) atoms. The standard InChI is InChI=1S/C21H21FN4O2S/c1-13-7-9-25(10-8-13)17(14-4-2-5-15(22)12-14)18-20(27)26-21(29-18)23-19(24-26)16-6-3-11-28-16/h2-6,11-13,17,27H,7-10H2,1H3. The summed E-state index contributed by atoms with van der Waals surface area (Å²) >= 11 is 1.38. The van der Waals surface area contributed by atoms with E-state index in [1.807, 2.05) is 6.07 Å². The minimum atomic E-state index is -0.281. The monoisotopic (exact) mass is 412 g/mol. The zero-order chi connectivity index (χ0) is 20.0. The second kappa shape index (κ2) is 7.27. The van der Waals surface area contributed by atoms with E-state index in [1.54, 1.807) is 30.5 Å². The lowest BCUT2D eigenvalue weighted by Crippen LogP contribution is -2.36. The lowest BCUT2D eigenvalue weighted by molar-refractivity contribution is 0.157. The molecule has 1 unspecified atom stereocenters. The summed E-state index contributed by atoms with van der Waals surface area (Å²) in [5.74, 6) is 1.41. The van der Waals surface area contributed by atoms with E-state index in [0.29, 0.717) is 22.5 Å². The molecule has 0 aliphatic carbocycles. The van der Waals surface area contributed by atoms with Crippen LogP contribution >= 0.6 is 11.3 Å². The van der Waals surface area contributed by atoms with Crippen molar-refractivity contribution in [2.45, 2.75) is 25.8 Å². The number of furan rings is 1. The fourth-order valence-electron chi connectivity index (χ4n) is 3.93. The van der Waals surface area contributed by atoms with Gasteiger partial charge < -0.3 is 9.52 Å². The minimum absolute atomic E-state index is 0.0446. The molecule has 1 aromatic carbocycles. The van der Waals surface area contributed by atoms with Gasteiger partial charge in [0.2, 0.25) is 16.7 Å². The van der Waals surface area contributed by atoms with Gasteiger partial charge >= 0.3 is 0 Å². The lowest BCUT2D eigenvalue weighted by Gasteiger charge is -2.36. The third-order valence-corrected chi connectivity index (χ3v) is 6.61. The first-order chi connectivity index (χ1) is 14.1. The Labute approximate surface area is 171 Å². The number of aromatic hydroxyl groups is 1. The Kier molecular flexibility index (Phi) is 4.60. The smallest absolute Gasteiger partial charge is 0.230 e. The first kappa shape index (κ1) is 18.3. The number of halogens is 1. The van der Waals surface area contributed by atoms with E-state index >= 15 is 0 Å². The van der Waals surface area contributed by atoms with Crippen LogP contribution in [-0.2, 0) is 0 Å². The van der Waals surface area contributed by atoms with Crippen molar-refractivity contribution in [2.24, 2.45) is 5.92 Å². The van der Waals surface area contributed by atoms with Gasteiger partial charge in [-0.3, -0.25) is 4.90 Å². The Hall–Kier alpha value is -2.71. The molecule has 1 atom stereocenters. The highest BCUT2D eigenvalue weighted by atomic mass is 32.1. The second-order valence-electron chi connectivity index (χ2n) is 7.57. The van der Waals surface area contributed by atoms with Gasteiger partial charge in [0.25, 0.3) is 0 Å². The first-order valence-electron chi connectivity index (χ1n) is 9.72. The molecule has 0 amide bonds. The third-order valence-electron chi connectivity index (χ3n) is 5.54. The number of thiazole rings is 1. The van der Waals surface area contributed by atoms with E-state index in [2.05, 4.69) is 21.9 Å². The zero-order valence-electron chi connectivity index (χ0n) is 16.0. The van der Waals surface area contributed by atoms with Crippen LogP contribution in [0.15, 0.2) is 47.1 Å². The van der Waals surface area contributed by atoms with Crippen LogP contribution in [0.2, 0.25) is 0 Å². The molecule has 3 aromatic heterocycles. The predicted octanol–water partition coefficient (Wildman–Crippen LogP) is 4.72. The van der Waals surface area contributed by atoms with Gasteiger partial charge in [0, 0.05) is 0 Å². The molecule has 6 nitrogen and oxygen atoms in total. The Morgan fingerprint density at radius 3 is 2.76 bits per heavy atom. The molecular weight excluding hydrogens is 391 g/mol. The number of likely N-dealkylation sites (tertiary alicyclic amines) is 1. The molecule has 1 aliphatic rings. The van der Waals surface area contributed by atoms with Crippen LogP contribution in [0, 0.1) is 11.7 Å². The summed E-state index contributed by atoms with van der Waals surface area (Å²) < 4.78 is 20.8. The van der Waals surface area contributed by atoms with Gasteiger partial charge in [0.05, 0.1) is 17.2 Å². The summed E-state index contributed by atoms with van der Waals surface area (Å²) in [6.45, 7) is 4.05. The topological polar surface area (TPSA) is 66.8 Å².